The normalized spacial score (nSPS) is 12.3. The van der Waals surface area contributed by atoms with Crippen LogP contribution in [0.25, 0.3) is 22.2 Å². The number of nitrogens with one attached hydrogen (secondary N) is 1. The molecule has 0 saturated heterocycles. The number of rotatable bonds is 5. The molecular weight excluding hydrogens is 338 g/mol. The number of carbonyl (C=O) groups excluding carboxylic acids is 1. The fraction of sp³-hybridized carbons (Fsp3) is 0.263. The van der Waals surface area contributed by atoms with Crippen LogP contribution in [0.2, 0.25) is 0 Å². The molecular formula is C19H20F2N4O. The van der Waals surface area contributed by atoms with E-state index in [1.807, 2.05) is 11.5 Å². The number of carbonyl (C=O) groups is 1. The molecule has 0 unspecified atom stereocenters. The van der Waals surface area contributed by atoms with Gasteiger partial charge in [-0.2, -0.15) is 0 Å². The predicted octanol–water partition coefficient (Wildman–Crippen LogP) is 2.96. The highest BCUT2D eigenvalue weighted by molar-refractivity contribution is 5.84. The number of hydrogen-bond donors (Lipinski definition) is 2. The van der Waals surface area contributed by atoms with E-state index in [9.17, 15) is 13.6 Å². The minimum Gasteiger partial charge on any atom is -0.348 e. The highest BCUT2D eigenvalue weighted by Crippen LogP contribution is 2.28. The number of hydrogen-bond acceptors (Lipinski definition) is 3. The van der Waals surface area contributed by atoms with Gasteiger partial charge in [-0.3, -0.25) is 4.79 Å². The molecule has 0 saturated carbocycles. The fourth-order valence-electron chi connectivity index (χ4n) is 2.86. The zero-order valence-electron chi connectivity index (χ0n) is 14.6. The molecule has 0 spiro atoms. The summed E-state index contributed by atoms with van der Waals surface area (Å²) in [6.07, 6.45) is 0. The van der Waals surface area contributed by atoms with Gasteiger partial charge in [0.15, 0.2) is 0 Å². The Labute approximate surface area is 149 Å². The second-order valence-corrected chi connectivity index (χ2v) is 6.11. The molecule has 1 atom stereocenters. The highest BCUT2D eigenvalue weighted by atomic mass is 19.1. The smallest absolute Gasteiger partial charge is 0.237 e. The summed E-state index contributed by atoms with van der Waals surface area (Å²) < 4.78 is 29.6. The summed E-state index contributed by atoms with van der Waals surface area (Å²) in [5, 5.41) is 2.72. The average molecular weight is 358 g/mol. The van der Waals surface area contributed by atoms with Crippen LogP contribution in [0.5, 0.6) is 0 Å². The quantitative estimate of drug-likeness (QED) is 0.736. The molecule has 0 fully saturated rings. The summed E-state index contributed by atoms with van der Waals surface area (Å²) in [6.45, 7) is 4.35. The van der Waals surface area contributed by atoms with Gasteiger partial charge in [0, 0.05) is 18.2 Å². The van der Waals surface area contributed by atoms with E-state index in [0.717, 1.165) is 5.52 Å². The van der Waals surface area contributed by atoms with E-state index in [1.165, 1.54) is 30.3 Å². The summed E-state index contributed by atoms with van der Waals surface area (Å²) in [6, 6.07) is 8.11. The molecule has 3 rings (SSSR count). The summed E-state index contributed by atoms with van der Waals surface area (Å²) in [5.41, 5.74) is 7.75. The third kappa shape index (κ3) is 3.43. The number of nitrogens with zero attached hydrogens (tertiary/aromatic N) is 2. The van der Waals surface area contributed by atoms with Gasteiger partial charge in [0.05, 0.1) is 23.6 Å². The molecule has 1 aromatic heterocycles. The van der Waals surface area contributed by atoms with Crippen LogP contribution >= 0.6 is 0 Å². The van der Waals surface area contributed by atoms with Crippen molar-refractivity contribution in [3.05, 3.63) is 53.9 Å². The number of aromatic nitrogens is 2. The van der Waals surface area contributed by atoms with Crippen molar-refractivity contribution < 1.29 is 13.6 Å². The van der Waals surface area contributed by atoms with Crippen molar-refractivity contribution >= 4 is 16.9 Å². The van der Waals surface area contributed by atoms with Gasteiger partial charge in [0.1, 0.15) is 17.5 Å². The minimum atomic E-state index is -0.614. The average Bonchev–Trinajstić information content (AvgIpc) is 2.95. The molecule has 2 aromatic carbocycles. The van der Waals surface area contributed by atoms with Gasteiger partial charge in [-0.15, -0.1) is 0 Å². The van der Waals surface area contributed by atoms with Crippen molar-refractivity contribution in [3.8, 4) is 11.1 Å². The van der Waals surface area contributed by atoms with E-state index in [0.29, 0.717) is 29.0 Å². The first kappa shape index (κ1) is 18.0. The molecule has 136 valence electrons. The lowest BCUT2D eigenvalue weighted by molar-refractivity contribution is -0.122. The van der Waals surface area contributed by atoms with Crippen LogP contribution in [0.4, 0.5) is 8.78 Å². The topological polar surface area (TPSA) is 72.9 Å². The van der Waals surface area contributed by atoms with Crippen molar-refractivity contribution in [2.24, 2.45) is 5.73 Å². The van der Waals surface area contributed by atoms with E-state index < -0.39 is 11.9 Å². The van der Waals surface area contributed by atoms with E-state index in [2.05, 4.69) is 10.3 Å². The standard InChI is InChI=1S/C19H20F2N4O/c1-3-25-17-8-14(12-4-6-13(20)7-5-12)15(21)9-16(17)24-18(25)10-23-19(26)11(2)22/h4-9,11H,3,10,22H2,1-2H3,(H,23,26)/t11-/m0/s1. The summed E-state index contributed by atoms with van der Waals surface area (Å²) in [4.78, 5) is 16.1. The van der Waals surface area contributed by atoms with Crippen LogP contribution < -0.4 is 11.1 Å². The summed E-state index contributed by atoms with van der Waals surface area (Å²) in [7, 11) is 0. The molecule has 7 heteroatoms. The molecule has 0 aliphatic heterocycles. The number of aryl methyl sites for hydroxylation is 1. The lowest BCUT2D eigenvalue weighted by atomic mass is 10.0. The molecule has 1 amide bonds. The Bertz CT molecular complexity index is 948. The van der Waals surface area contributed by atoms with Gasteiger partial charge in [0.2, 0.25) is 5.91 Å². The largest absolute Gasteiger partial charge is 0.348 e. The molecule has 0 aliphatic rings. The second kappa shape index (κ2) is 7.21. The number of nitrogens with two attached hydrogens (primary N) is 1. The van der Waals surface area contributed by atoms with Crippen LogP contribution in [-0.2, 0) is 17.9 Å². The maximum atomic E-state index is 14.5. The molecule has 1 heterocycles. The SMILES string of the molecule is CCn1c(CNC(=O)[C@H](C)N)nc2cc(F)c(-c3ccc(F)cc3)cc21. The van der Waals surface area contributed by atoms with Gasteiger partial charge in [-0.05, 0) is 37.6 Å². The molecule has 26 heavy (non-hydrogen) atoms. The number of halogens is 2. The van der Waals surface area contributed by atoms with Gasteiger partial charge in [0.25, 0.3) is 0 Å². The van der Waals surface area contributed by atoms with E-state index in [-0.39, 0.29) is 18.3 Å². The maximum Gasteiger partial charge on any atom is 0.237 e. The zero-order chi connectivity index (χ0) is 18.8. The van der Waals surface area contributed by atoms with Crippen LogP contribution in [0, 0.1) is 11.6 Å². The Morgan fingerprint density at radius 1 is 1.27 bits per heavy atom. The Balaban J connectivity index is 2.03. The van der Waals surface area contributed by atoms with Crippen molar-refractivity contribution in [2.75, 3.05) is 0 Å². The molecule has 5 nitrogen and oxygen atoms in total. The molecule has 3 aromatic rings. The first-order valence-electron chi connectivity index (χ1n) is 8.38. The number of benzene rings is 2. The zero-order valence-corrected chi connectivity index (χ0v) is 14.6. The summed E-state index contributed by atoms with van der Waals surface area (Å²) in [5.74, 6) is -0.470. The van der Waals surface area contributed by atoms with Crippen molar-refractivity contribution in [1.29, 1.82) is 0 Å². The summed E-state index contributed by atoms with van der Waals surface area (Å²) >= 11 is 0. The molecule has 0 radical (unpaired) electrons. The van der Waals surface area contributed by atoms with Crippen LogP contribution in [0.3, 0.4) is 0 Å². The lowest BCUT2D eigenvalue weighted by Crippen LogP contribution is -2.38. The Morgan fingerprint density at radius 2 is 1.96 bits per heavy atom. The molecule has 0 bridgehead atoms. The maximum absolute atomic E-state index is 14.5. The van der Waals surface area contributed by atoms with Gasteiger partial charge in [-0.25, -0.2) is 13.8 Å². The third-order valence-corrected chi connectivity index (χ3v) is 4.22. The number of amides is 1. The Kier molecular flexibility index (Phi) is 4.99. The van der Waals surface area contributed by atoms with Crippen LogP contribution in [0.1, 0.15) is 19.7 Å². The van der Waals surface area contributed by atoms with E-state index in [1.54, 1.807) is 13.0 Å². The minimum absolute atomic E-state index is 0.205. The number of imidazole rings is 1. The third-order valence-electron chi connectivity index (χ3n) is 4.22. The highest BCUT2D eigenvalue weighted by Gasteiger charge is 2.16. The Morgan fingerprint density at radius 3 is 2.58 bits per heavy atom. The Hall–Kier alpha value is -2.80. The number of fused-ring (bicyclic) bond motifs is 1. The first-order valence-corrected chi connectivity index (χ1v) is 8.38. The van der Waals surface area contributed by atoms with Crippen molar-refractivity contribution in [2.45, 2.75) is 33.0 Å². The van der Waals surface area contributed by atoms with Crippen LogP contribution in [-0.4, -0.2) is 21.5 Å². The van der Waals surface area contributed by atoms with Crippen LogP contribution in [0.15, 0.2) is 36.4 Å². The van der Waals surface area contributed by atoms with Crippen molar-refractivity contribution in [1.82, 2.24) is 14.9 Å². The van der Waals surface area contributed by atoms with E-state index in [4.69, 9.17) is 5.73 Å². The van der Waals surface area contributed by atoms with Gasteiger partial charge in [-0.1, -0.05) is 12.1 Å². The van der Waals surface area contributed by atoms with E-state index >= 15 is 0 Å². The predicted molar refractivity (Wildman–Crippen MR) is 96.3 cm³/mol. The first-order chi connectivity index (χ1) is 12.4. The monoisotopic (exact) mass is 358 g/mol. The van der Waals surface area contributed by atoms with Gasteiger partial charge < -0.3 is 15.6 Å². The van der Waals surface area contributed by atoms with Crippen molar-refractivity contribution in [3.63, 3.8) is 0 Å². The molecule has 3 N–H and O–H groups in total. The second-order valence-electron chi connectivity index (χ2n) is 6.11. The lowest BCUT2D eigenvalue weighted by Gasteiger charge is -2.10. The fourth-order valence-corrected chi connectivity index (χ4v) is 2.86. The van der Waals surface area contributed by atoms with Gasteiger partial charge >= 0.3 is 0 Å². The molecule has 0 aliphatic carbocycles.